The lowest BCUT2D eigenvalue weighted by Gasteiger charge is -2.36. The van der Waals surface area contributed by atoms with Gasteiger partial charge in [0.2, 0.25) is 0 Å². The predicted octanol–water partition coefficient (Wildman–Crippen LogP) is 5.86. The monoisotopic (exact) mass is 451 g/mol. The molecule has 0 aliphatic heterocycles. The largest absolute Gasteiger partial charge is 0.459 e. The molecule has 0 bridgehead atoms. The van der Waals surface area contributed by atoms with Crippen molar-refractivity contribution in [2.75, 3.05) is 6.26 Å². The molecule has 3 atom stereocenters. The lowest BCUT2D eigenvalue weighted by Crippen LogP contribution is -2.37. The molecule has 4 nitrogen and oxygen atoms in total. The fourth-order valence-electron chi connectivity index (χ4n) is 5.22. The molecule has 4 rings (SSSR count). The van der Waals surface area contributed by atoms with E-state index >= 15 is 0 Å². The number of esters is 1. The molecule has 1 fully saturated rings. The number of para-hydroxylation sites is 2. The highest BCUT2D eigenvalue weighted by molar-refractivity contribution is 7.98. The minimum Gasteiger partial charge on any atom is -0.459 e. The van der Waals surface area contributed by atoms with Gasteiger partial charge in [-0.05, 0) is 73.2 Å². The third-order valence-corrected chi connectivity index (χ3v) is 7.73. The topological polar surface area (TPSA) is 35.1 Å². The van der Waals surface area contributed by atoms with Crippen molar-refractivity contribution in [3.8, 4) is 11.4 Å². The van der Waals surface area contributed by atoms with Gasteiger partial charge in [-0.2, -0.15) is 0 Å². The van der Waals surface area contributed by atoms with E-state index in [0.29, 0.717) is 17.8 Å². The lowest BCUT2D eigenvalue weighted by molar-refractivity contribution is -0.634. The molecule has 0 saturated heterocycles. The summed E-state index contributed by atoms with van der Waals surface area (Å²) in [5, 5.41) is 0. The van der Waals surface area contributed by atoms with E-state index in [0.717, 1.165) is 35.3 Å². The van der Waals surface area contributed by atoms with Crippen LogP contribution in [0, 0.1) is 17.8 Å². The Bertz CT molecular complexity index is 1090. The summed E-state index contributed by atoms with van der Waals surface area (Å²) in [5.41, 5.74) is 3.25. The number of hydrogen-bond acceptors (Lipinski definition) is 3. The van der Waals surface area contributed by atoms with Crippen LogP contribution in [0.2, 0.25) is 0 Å². The minimum absolute atomic E-state index is 0.0196. The number of rotatable bonds is 6. The second-order valence-electron chi connectivity index (χ2n) is 9.54. The first kappa shape index (κ1) is 22.9. The summed E-state index contributed by atoms with van der Waals surface area (Å²) in [6, 6.07) is 16.8. The smallest absolute Gasteiger partial charge is 0.348 e. The second kappa shape index (κ2) is 9.70. The van der Waals surface area contributed by atoms with Gasteiger partial charge in [0.15, 0.2) is 17.6 Å². The Morgan fingerprint density at radius 1 is 1.16 bits per heavy atom. The molecular weight excluding hydrogens is 416 g/mol. The zero-order valence-electron chi connectivity index (χ0n) is 19.9. The van der Waals surface area contributed by atoms with Crippen LogP contribution in [0.15, 0.2) is 53.4 Å². The van der Waals surface area contributed by atoms with Crippen molar-refractivity contribution in [2.24, 2.45) is 24.8 Å². The maximum atomic E-state index is 13.2. The summed E-state index contributed by atoms with van der Waals surface area (Å²) in [6.45, 7) is 6.98. The number of aromatic nitrogens is 2. The van der Waals surface area contributed by atoms with Crippen LogP contribution in [0.4, 0.5) is 0 Å². The first-order valence-electron chi connectivity index (χ1n) is 11.7. The van der Waals surface area contributed by atoms with E-state index < -0.39 is 0 Å². The van der Waals surface area contributed by atoms with Crippen molar-refractivity contribution >= 4 is 28.8 Å². The summed E-state index contributed by atoms with van der Waals surface area (Å²) in [7, 11) is 2.07. The van der Waals surface area contributed by atoms with Crippen LogP contribution in [0.5, 0.6) is 0 Å². The molecule has 2 aromatic carbocycles. The van der Waals surface area contributed by atoms with E-state index in [2.05, 4.69) is 79.6 Å². The molecule has 5 heteroatoms. The van der Waals surface area contributed by atoms with Gasteiger partial charge in [0, 0.05) is 4.90 Å². The Hall–Kier alpha value is -2.27. The third kappa shape index (κ3) is 4.59. The Morgan fingerprint density at radius 3 is 2.56 bits per heavy atom. The molecule has 0 spiro atoms. The fourth-order valence-corrected chi connectivity index (χ4v) is 5.63. The third-order valence-electron chi connectivity index (χ3n) is 6.99. The first-order chi connectivity index (χ1) is 15.4. The number of imidazole rings is 1. The van der Waals surface area contributed by atoms with Gasteiger partial charge in [0.05, 0.1) is 12.6 Å². The molecule has 1 aromatic heterocycles. The number of nitrogens with zero attached hydrogens (tertiary/aromatic N) is 2. The van der Waals surface area contributed by atoms with Crippen LogP contribution in [-0.4, -0.2) is 22.9 Å². The molecule has 0 amide bonds. The maximum Gasteiger partial charge on any atom is 0.348 e. The zero-order valence-corrected chi connectivity index (χ0v) is 20.7. The van der Waals surface area contributed by atoms with Gasteiger partial charge in [-0.15, -0.1) is 11.8 Å². The van der Waals surface area contributed by atoms with Gasteiger partial charge in [-0.25, -0.2) is 13.9 Å². The van der Waals surface area contributed by atoms with Crippen LogP contribution < -0.4 is 4.57 Å². The number of aryl methyl sites for hydroxylation is 1. The molecule has 0 radical (unpaired) electrons. The molecule has 170 valence electrons. The highest BCUT2D eigenvalue weighted by Gasteiger charge is 2.34. The Kier molecular flexibility index (Phi) is 6.94. The van der Waals surface area contributed by atoms with E-state index in [-0.39, 0.29) is 18.6 Å². The van der Waals surface area contributed by atoms with E-state index in [1.54, 1.807) is 11.8 Å². The van der Waals surface area contributed by atoms with Crippen LogP contribution in [-0.2, 0) is 23.1 Å². The maximum absolute atomic E-state index is 13.2. The number of ether oxygens (including phenoxy) is 1. The summed E-state index contributed by atoms with van der Waals surface area (Å²) < 4.78 is 10.4. The fraction of sp³-hybridized carbons (Fsp3) is 0.481. The van der Waals surface area contributed by atoms with Crippen molar-refractivity contribution in [3.05, 3.63) is 48.5 Å². The molecular formula is C27H35N2O2S+. The van der Waals surface area contributed by atoms with E-state index in [9.17, 15) is 4.79 Å². The Labute approximate surface area is 196 Å². The van der Waals surface area contributed by atoms with Crippen molar-refractivity contribution in [1.29, 1.82) is 0 Å². The number of hydrogen-bond donors (Lipinski definition) is 0. The van der Waals surface area contributed by atoms with E-state index in [4.69, 9.17) is 4.74 Å². The predicted molar refractivity (Wildman–Crippen MR) is 132 cm³/mol. The summed E-state index contributed by atoms with van der Waals surface area (Å²) in [5.74, 6) is 2.46. The van der Waals surface area contributed by atoms with Crippen LogP contribution in [0.1, 0.15) is 40.0 Å². The highest BCUT2D eigenvalue weighted by atomic mass is 32.2. The van der Waals surface area contributed by atoms with Gasteiger partial charge >= 0.3 is 5.97 Å². The number of thioether (sulfide) groups is 1. The zero-order chi connectivity index (χ0) is 22.8. The molecule has 0 unspecified atom stereocenters. The number of carbonyl (C=O) groups excluding carboxylic acids is 1. The van der Waals surface area contributed by atoms with Crippen LogP contribution in [0.3, 0.4) is 0 Å². The molecule has 32 heavy (non-hydrogen) atoms. The molecule has 1 aliphatic rings. The lowest BCUT2D eigenvalue weighted by atomic mass is 9.75. The molecule has 1 heterocycles. The van der Waals surface area contributed by atoms with Gasteiger partial charge in [-0.3, -0.25) is 0 Å². The first-order valence-corrected chi connectivity index (χ1v) is 12.9. The number of benzene rings is 2. The summed E-state index contributed by atoms with van der Waals surface area (Å²) in [6.07, 6.45) is 5.44. The highest BCUT2D eigenvalue weighted by Crippen LogP contribution is 2.35. The summed E-state index contributed by atoms with van der Waals surface area (Å²) in [4.78, 5) is 14.5. The van der Waals surface area contributed by atoms with Gasteiger partial charge in [-0.1, -0.05) is 39.3 Å². The second-order valence-corrected chi connectivity index (χ2v) is 10.4. The van der Waals surface area contributed by atoms with Gasteiger partial charge in [0.1, 0.15) is 6.10 Å². The van der Waals surface area contributed by atoms with Crippen molar-refractivity contribution in [3.63, 3.8) is 0 Å². The average Bonchev–Trinajstić information content (AvgIpc) is 3.05. The van der Waals surface area contributed by atoms with Gasteiger partial charge < -0.3 is 4.74 Å². The van der Waals surface area contributed by atoms with Crippen molar-refractivity contribution < 1.29 is 14.1 Å². The van der Waals surface area contributed by atoms with Crippen LogP contribution >= 0.6 is 11.8 Å². The number of carbonyl (C=O) groups is 1. The van der Waals surface area contributed by atoms with E-state index in [1.807, 2.05) is 12.1 Å². The number of fused-ring (bicyclic) bond motifs is 1. The Morgan fingerprint density at radius 2 is 1.88 bits per heavy atom. The SMILES string of the molecule is CSc1ccc(-c2n(CC(=O)O[C@@H]3C[C@H](C)CC[C@H]3C(C)C)c3ccccc3[n+]2C)cc1. The molecule has 0 N–H and O–H groups in total. The quantitative estimate of drug-likeness (QED) is 0.268. The molecule has 1 aliphatic carbocycles. The molecule has 3 aromatic rings. The summed E-state index contributed by atoms with van der Waals surface area (Å²) >= 11 is 1.73. The van der Waals surface area contributed by atoms with Crippen LogP contribution in [0.25, 0.3) is 22.4 Å². The normalized spacial score (nSPS) is 21.2. The average molecular weight is 452 g/mol. The Balaban J connectivity index is 1.66. The molecule has 1 saturated carbocycles. The standard InChI is InChI=1S/C27H35N2O2S/c1-18(2)22-15-10-19(3)16-25(22)31-26(30)17-29-24-9-7-6-8-23(24)28(4)27(29)20-11-13-21(32-5)14-12-20/h6-9,11-14,18-19,22,25H,10,15-17H2,1-5H3/q+1/t19-,22+,25-/m1/s1. The van der Waals surface area contributed by atoms with Crippen molar-refractivity contribution in [1.82, 2.24) is 4.57 Å². The van der Waals surface area contributed by atoms with Gasteiger partial charge in [0.25, 0.3) is 5.82 Å². The van der Waals surface area contributed by atoms with Crippen molar-refractivity contribution in [2.45, 2.75) is 57.6 Å². The minimum atomic E-state index is -0.141. The van der Waals surface area contributed by atoms with E-state index in [1.165, 1.54) is 11.3 Å².